The number of ether oxygens (including phenoxy) is 4. The SMILES string of the molecule is COc1cc(/C=C(\C#N)C(=O)Nc2ccc3c(c2)OCCO3)c(OC)cc1C. The number of hydrogen-bond acceptors (Lipinski definition) is 6. The summed E-state index contributed by atoms with van der Waals surface area (Å²) in [7, 11) is 3.09. The largest absolute Gasteiger partial charge is 0.496 e. The molecule has 1 heterocycles. The fourth-order valence-electron chi connectivity index (χ4n) is 2.81. The number of nitrogens with zero attached hydrogens (tertiary/aromatic N) is 1. The molecule has 2 aromatic carbocycles. The highest BCUT2D eigenvalue weighted by Gasteiger charge is 2.16. The number of nitriles is 1. The number of methoxy groups -OCH3 is 2. The predicted octanol–water partition coefficient (Wildman–Crippen LogP) is 3.33. The van der Waals surface area contributed by atoms with Gasteiger partial charge in [-0.15, -0.1) is 0 Å². The lowest BCUT2D eigenvalue weighted by Gasteiger charge is -2.19. The average Bonchev–Trinajstić information content (AvgIpc) is 2.72. The first-order valence-corrected chi connectivity index (χ1v) is 8.61. The zero-order chi connectivity index (χ0) is 20.1. The van der Waals surface area contributed by atoms with Crippen molar-refractivity contribution >= 4 is 17.7 Å². The molecule has 0 saturated heterocycles. The summed E-state index contributed by atoms with van der Waals surface area (Å²) < 4.78 is 21.6. The van der Waals surface area contributed by atoms with E-state index in [1.165, 1.54) is 13.2 Å². The van der Waals surface area contributed by atoms with E-state index in [9.17, 15) is 10.1 Å². The molecule has 1 amide bonds. The Kier molecular flexibility index (Phi) is 5.70. The summed E-state index contributed by atoms with van der Waals surface area (Å²) in [5.74, 6) is 1.81. The Hall–Kier alpha value is -3.66. The van der Waals surface area contributed by atoms with Crippen LogP contribution in [0.2, 0.25) is 0 Å². The molecule has 28 heavy (non-hydrogen) atoms. The third-order valence-electron chi connectivity index (χ3n) is 4.21. The van der Waals surface area contributed by atoms with Crippen LogP contribution in [0.1, 0.15) is 11.1 Å². The number of carbonyl (C=O) groups excluding carboxylic acids is 1. The molecule has 7 nitrogen and oxygen atoms in total. The number of amides is 1. The lowest BCUT2D eigenvalue weighted by Crippen LogP contribution is -2.17. The van der Waals surface area contributed by atoms with Gasteiger partial charge in [0.2, 0.25) is 0 Å². The van der Waals surface area contributed by atoms with Gasteiger partial charge < -0.3 is 24.3 Å². The van der Waals surface area contributed by atoms with Gasteiger partial charge in [-0.05, 0) is 42.8 Å². The highest BCUT2D eigenvalue weighted by atomic mass is 16.6. The number of fused-ring (bicyclic) bond motifs is 1. The van der Waals surface area contributed by atoms with Crippen LogP contribution in [0.3, 0.4) is 0 Å². The molecule has 1 aliphatic heterocycles. The highest BCUT2D eigenvalue weighted by Crippen LogP contribution is 2.33. The van der Waals surface area contributed by atoms with Crippen LogP contribution in [-0.4, -0.2) is 33.3 Å². The molecule has 0 unspecified atom stereocenters. The molecule has 1 N–H and O–H groups in total. The maximum atomic E-state index is 12.6. The van der Waals surface area contributed by atoms with E-state index in [2.05, 4.69) is 5.32 Å². The molecule has 0 radical (unpaired) electrons. The van der Waals surface area contributed by atoms with Crippen LogP contribution in [0.15, 0.2) is 35.9 Å². The molecule has 7 heteroatoms. The quantitative estimate of drug-likeness (QED) is 0.632. The second-order valence-electron chi connectivity index (χ2n) is 6.05. The number of benzene rings is 2. The molecular weight excluding hydrogens is 360 g/mol. The predicted molar refractivity (Wildman–Crippen MR) is 104 cm³/mol. The monoisotopic (exact) mass is 380 g/mol. The van der Waals surface area contributed by atoms with Crippen LogP contribution in [0.4, 0.5) is 5.69 Å². The van der Waals surface area contributed by atoms with E-state index in [4.69, 9.17) is 18.9 Å². The smallest absolute Gasteiger partial charge is 0.266 e. The van der Waals surface area contributed by atoms with Crippen molar-refractivity contribution in [3.63, 3.8) is 0 Å². The third kappa shape index (κ3) is 4.01. The summed E-state index contributed by atoms with van der Waals surface area (Å²) >= 11 is 0. The second kappa shape index (κ2) is 8.35. The Morgan fingerprint density at radius 2 is 1.82 bits per heavy atom. The molecule has 2 aromatic rings. The van der Waals surface area contributed by atoms with Gasteiger partial charge in [0.25, 0.3) is 5.91 Å². The van der Waals surface area contributed by atoms with Gasteiger partial charge in [0.05, 0.1) is 14.2 Å². The first-order valence-electron chi connectivity index (χ1n) is 8.61. The fraction of sp³-hybridized carbons (Fsp3) is 0.238. The van der Waals surface area contributed by atoms with Crippen molar-refractivity contribution in [3.8, 4) is 29.1 Å². The van der Waals surface area contributed by atoms with Crippen LogP contribution in [0, 0.1) is 18.3 Å². The second-order valence-corrected chi connectivity index (χ2v) is 6.05. The van der Waals surface area contributed by atoms with Gasteiger partial charge in [-0.2, -0.15) is 5.26 Å². The van der Waals surface area contributed by atoms with Crippen LogP contribution in [-0.2, 0) is 4.79 Å². The van der Waals surface area contributed by atoms with Crippen molar-refractivity contribution < 1.29 is 23.7 Å². The number of carbonyl (C=O) groups is 1. The molecule has 0 spiro atoms. The van der Waals surface area contributed by atoms with Gasteiger partial charge in [0, 0.05) is 17.3 Å². The van der Waals surface area contributed by atoms with E-state index in [1.54, 1.807) is 37.4 Å². The van der Waals surface area contributed by atoms with Crippen LogP contribution in [0.5, 0.6) is 23.0 Å². The molecule has 0 bridgehead atoms. The minimum absolute atomic E-state index is 0.0703. The van der Waals surface area contributed by atoms with Crippen molar-refractivity contribution in [2.24, 2.45) is 0 Å². The van der Waals surface area contributed by atoms with Crippen molar-refractivity contribution in [3.05, 3.63) is 47.0 Å². The third-order valence-corrected chi connectivity index (χ3v) is 4.21. The Labute approximate surface area is 163 Å². The Morgan fingerprint density at radius 1 is 1.11 bits per heavy atom. The van der Waals surface area contributed by atoms with E-state index in [0.717, 1.165) is 5.56 Å². The first kappa shape index (κ1) is 19.1. The Balaban J connectivity index is 1.87. The maximum absolute atomic E-state index is 12.6. The molecular formula is C21H20N2O5. The molecule has 144 valence electrons. The van der Waals surface area contributed by atoms with Crippen molar-refractivity contribution in [2.75, 3.05) is 32.8 Å². The summed E-state index contributed by atoms with van der Waals surface area (Å²) in [5.41, 5.74) is 1.89. The van der Waals surface area contributed by atoms with Crippen LogP contribution in [0.25, 0.3) is 6.08 Å². The minimum Gasteiger partial charge on any atom is -0.496 e. The molecule has 0 fully saturated rings. The summed E-state index contributed by atoms with van der Waals surface area (Å²) in [6, 6.07) is 10.5. The molecule has 0 aliphatic carbocycles. The topological polar surface area (TPSA) is 89.8 Å². The van der Waals surface area contributed by atoms with E-state index in [0.29, 0.717) is 47.5 Å². The lowest BCUT2D eigenvalue weighted by atomic mass is 10.1. The van der Waals surface area contributed by atoms with Gasteiger partial charge in [-0.3, -0.25) is 4.79 Å². The van der Waals surface area contributed by atoms with Crippen LogP contribution >= 0.6 is 0 Å². The zero-order valence-electron chi connectivity index (χ0n) is 15.9. The number of rotatable bonds is 5. The normalized spacial score (nSPS) is 12.7. The molecule has 3 rings (SSSR count). The minimum atomic E-state index is -0.541. The maximum Gasteiger partial charge on any atom is 0.266 e. The van der Waals surface area contributed by atoms with Crippen LogP contribution < -0.4 is 24.3 Å². The standard InChI is InChI=1S/C21H20N2O5/c1-13-8-19(26-3)14(10-18(13)25-2)9-15(12-22)21(24)23-16-4-5-17-20(11-16)28-7-6-27-17/h4-5,8-11H,6-7H2,1-3H3,(H,23,24)/b15-9+. The van der Waals surface area contributed by atoms with Gasteiger partial charge >= 0.3 is 0 Å². The van der Waals surface area contributed by atoms with E-state index < -0.39 is 5.91 Å². The molecule has 0 aromatic heterocycles. The summed E-state index contributed by atoms with van der Waals surface area (Å²) in [4.78, 5) is 12.6. The molecule has 1 aliphatic rings. The van der Waals surface area contributed by atoms with E-state index in [-0.39, 0.29) is 5.57 Å². The summed E-state index contributed by atoms with van der Waals surface area (Å²) in [5, 5.41) is 12.2. The average molecular weight is 380 g/mol. The fourth-order valence-corrected chi connectivity index (χ4v) is 2.81. The van der Waals surface area contributed by atoms with E-state index >= 15 is 0 Å². The number of anilines is 1. The van der Waals surface area contributed by atoms with E-state index in [1.807, 2.05) is 13.0 Å². The zero-order valence-corrected chi connectivity index (χ0v) is 15.9. The van der Waals surface area contributed by atoms with Crippen molar-refractivity contribution in [1.82, 2.24) is 0 Å². The number of hydrogen-bond donors (Lipinski definition) is 1. The van der Waals surface area contributed by atoms with Gasteiger partial charge in [0.1, 0.15) is 36.4 Å². The number of nitrogens with one attached hydrogen (secondary N) is 1. The van der Waals surface area contributed by atoms with Gasteiger partial charge in [-0.1, -0.05) is 0 Å². The molecule has 0 atom stereocenters. The van der Waals surface area contributed by atoms with Crippen molar-refractivity contribution in [1.29, 1.82) is 5.26 Å². The summed E-state index contributed by atoms with van der Waals surface area (Å²) in [6.07, 6.45) is 1.47. The lowest BCUT2D eigenvalue weighted by molar-refractivity contribution is -0.112. The Bertz CT molecular complexity index is 975. The highest BCUT2D eigenvalue weighted by molar-refractivity contribution is 6.10. The van der Waals surface area contributed by atoms with Gasteiger partial charge in [0.15, 0.2) is 11.5 Å². The summed E-state index contributed by atoms with van der Waals surface area (Å²) in [6.45, 7) is 2.82. The first-order chi connectivity index (χ1) is 13.5. The van der Waals surface area contributed by atoms with Gasteiger partial charge in [-0.25, -0.2) is 0 Å². The van der Waals surface area contributed by atoms with Crippen molar-refractivity contribution in [2.45, 2.75) is 6.92 Å². The molecule has 0 saturated carbocycles. The Morgan fingerprint density at radius 3 is 2.50 bits per heavy atom. The number of aryl methyl sites for hydroxylation is 1.